The van der Waals surface area contributed by atoms with E-state index in [4.69, 9.17) is 30.9 Å². The molecule has 0 aliphatic rings. The van der Waals surface area contributed by atoms with Gasteiger partial charge in [-0.1, -0.05) is 41.9 Å². The first-order valence-corrected chi connectivity index (χ1v) is 11.8. The van der Waals surface area contributed by atoms with Crippen LogP contribution in [0.5, 0.6) is 17.2 Å². The minimum atomic E-state index is -0.869. The van der Waals surface area contributed by atoms with Crippen LogP contribution in [0.3, 0.4) is 0 Å². The second-order valence-corrected chi connectivity index (χ2v) is 8.88. The second-order valence-electron chi connectivity index (χ2n) is 8.44. The summed E-state index contributed by atoms with van der Waals surface area (Å²) in [6.45, 7) is 2.29. The number of carbonyl (C=O) groups is 1. The SMILES string of the molecule is COc1cc(C(O)C(CCOc2cccc(Cl)c2)Cc2ccc(CC(=O)O)cc2)cc(OC)c1C. The molecule has 0 heterocycles. The zero-order chi connectivity index (χ0) is 25.4. The van der Waals surface area contributed by atoms with Crippen LogP contribution in [0, 0.1) is 12.8 Å². The highest BCUT2D eigenvalue weighted by Gasteiger charge is 2.24. The molecule has 186 valence electrons. The van der Waals surface area contributed by atoms with Crippen molar-refractivity contribution in [1.82, 2.24) is 0 Å². The van der Waals surface area contributed by atoms with Gasteiger partial charge in [-0.15, -0.1) is 0 Å². The van der Waals surface area contributed by atoms with Crippen LogP contribution >= 0.6 is 11.6 Å². The molecule has 0 saturated heterocycles. The summed E-state index contributed by atoms with van der Waals surface area (Å²) in [5.41, 5.74) is 3.29. The fourth-order valence-corrected chi connectivity index (χ4v) is 4.26. The molecule has 0 saturated carbocycles. The highest BCUT2D eigenvalue weighted by atomic mass is 35.5. The number of rotatable bonds is 12. The lowest BCUT2D eigenvalue weighted by Gasteiger charge is -2.25. The number of hydrogen-bond donors (Lipinski definition) is 2. The number of carboxylic acids is 1. The first-order chi connectivity index (χ1) is 16.8. The van der Waals surface area contributed by atoms with Crippen LogP contribution in [-0.4, -0.2) is 37.0 Å². The molecule has 0 radical (unpaired) electrons. The summed E-state index contributed by atoms with van der Waals surface area (Å²) in [6, 6.07) is 18.3. The van der Waals surface area contributed by atoms with Crippen LogP contribution < -0.4 is 14.2 Å². The maximum absolute atomic E-state index is 11.4. The molecule has 0 aromatic heterocycles. The van der Waals surface area contributed by atoms with Gasteiger partial charge < -0.3 is 24.4 Å². The molecule has 2 unspecified atom stereocenters. The Morgan fingerprint density at radius 2 is 1.60 bits per heavy atom. The highest BCUT2D eigenvalue weighted by Crippen LogP contribution is 2.36. The normalized spacial score (nSPS) is 12.6. The average molecular weight is 499 g/mol. The summed E-state index contributed by atoms with van der Waals surface area (Å²) in [6.07, 6.45) is 0.317. The van der Waals surface area contributed by atoms with Gasteiger partial charge >= 0.3 is 5.97 Å². The van der Waals surface area contributed by atoms with Gasteiger partial charge in [0.15, 0.2) is 0 Å². The first kappa shape index (κ1) is 26.4. The maximum Gasteiger partial charge on any atom is 0.307 e. The van der Waals surface area contributed by atoms with Crippen LogP contribution in [0.25, 0.3) is 0 Å². The lowest BCUT2D eigenvalue weighted by molar-refractivity contribution is -0.136. The number of halogens is 1. The second kappa shape index (κ2) is 12.5. The smallest absolute Gasteiger partial charge is 0.307 e. The fourth-order valence-electron chi connectivity index (χ4n) is 4.08. The van der Waals surface area contributed by atoms with Crippen molar-refractivity contribution in [2.75, 3.05) is 20.8 Å². The quantitative estimate of drug-likeness (QED) is 0.335. The van der Waals surface area contributed by atoms with Gasteiger partial charge in [0.05, 0.1) is 33.4 Å². The van der Waals surface area contributed by atoms with E-state index in [0.29, 0.717) is 47.3 Å². The molecule has 6 nitrogen and oxygen atoms in total. The van der Waals surface area contributed by atoms with Crippen molar-refractivity contribution in [3.63, 3.8) is 0 Å². The van der Waals surface area contributed by atoms with E-state index in [1.165, 1.54) is 0 Å². The van der Waals surface area contributed by atoms with Crippen molar-refractivity contribution in [2.24, 2.45) is 5.92 Å². The lowest BCUT2D eigenvalue weighted by Crippen LogP contribution is -2.19. The monoisotopic (exact) mass is 498 g/mol. The molecule has 2 atom stereocenters. The number of aliphatic hydroxyl groups is 1. The number of aliphatic carboxylic acids is 1. The van der Waals surface area contributed by atoms with E-state index in [-0.39, 0.29) is 12.3 Å². The Hall–Kier alpha value is -3.22. The Labute approximate surface area is 211 Å². The molecule has 0 fully saturated rings. The number of ether oxygens (including phenoxy) is 3. The molecule has 0 spiro atoms. The summed E-state index contributed by atoms with van der Waals surface area (Å²) in [7, 11) is 3.18. The summed E-state index contributed by atoms with van der Waals surface area (Å²) < 4.78 is 16.9. The molecule has 0 aliphatic heterocycles. The van der Waals surface area contributed by atoms with Crippen molar-refractivity contribution < 1.29 is 29.2 Å². The first-order valence-electron chi connectivity index (χ1n) is 11.4. The van der Waals surface area contributed by atoms with Gasteiger partial charge in [0, 0.05) is 10.6 Å². The van der Waals surface area contributed by atoms with Gasteiger partial charge in [0.25, 0.3) is 0 Å². The van der Waals surface area contributed by atoms with Crippen molar-refractivity contribution in [3.8, 4) is 17.2 Å². The third-order valence-electron chi connectivity index (χ3n) is 5.99. The standard InChI is InChI=1S/C28H31ClO6/c1-18-25(33-2)15-22(16-26(18)34-3)28(32)21(11-12-35-24-6-4-5-23(29)17-24)13-19-7-9-20(10-8-19)14-27(30)31/h4-10,15-17,21,28,32H,11-14H2,1-3H3,(H,30,31). The molecule has 3 aromatic rings. The van der Waals surface area contributed by atoms with E-state index >= 15 is 0 Å². The van der Waals surface area contributed by atoms with E-state index < -0.39 is 12.1 Å². The average Bonchev–Trinajstić information content (AvgIpc) is 2.84. The summed E-state index contributed by atoms with van der Waals surface area (Å²) in [5, 5.41) is 21.0. The maximum atomic E-state index is 11.4. The van der Waals surface area contributed by atoms with Crippen molar-refractivity contribution >= 4 is 17.6 Å². The van der Waals surface area contributed by atoms with Gasteiger partial charge in [-0.25, -0.2) is 0 Å². The van der Waals surface area contributed by atoms with E-state index in [0.717, 1.165) is 16.7 Å². The predicted molar refractivity (Wildman–Crippen MR) is 136 cm³/mol. The molecule has 2 N–H and O–H groups in total. The van der Waals surface area contributed by atoms with Crippen LogP contribution in [0.2, 0.25) is 5.02 Å². The molecular weight excluding hydrogens is 468 g/mol. The van der Waals surface area contributed by atoms with Gasteiger partial charge in [-0.2, -0.15) is 0 Å². The molecule has 0 aliphatic carbocycles. The van der Waals surface area contributed by atoms with Gasteiger partial charge in [-0.05, 0) is 72.7 Å². The van der Waals surface area contributed by atoms with Crippen LogP contribution in [0.4, 0.5) is 0 Å². The van der Waals surface area contributed by atoms with Gasteiger partial charge in [0.2, 0.25) is 0 Å². The van der Waals surface area contributed by atoms with Crippen molar-refractivity contribution in [1.29, 1.82) is 0 Å². The Bertz CT molecular complexity index is 1100. The minimum Gasteiger partial charge on any atom is -0.496 e. The molecule has 3 aromatic carbocycles. The molecule has 7 heteroatoms. The third-order valence-corrected chi connectivity index (χ3v) is 6.23. The number of carboxylic acid groups (broad SMARTS) is 1. The lowest BCUT2D eigenvalue weighted by atomic mass is 9.86. The van der Waals surface area contributed by atoms with Gasteiger partial charge in [-0.3, -0.25) is 4.79 Å². The minimum absolute atomic E-state index is 0.0250. The number of benzene rings is 3. The summed E-state index contributed by atoms with van der Waals surface area (Å²) in [5.74, 6) is 0.904. The molecule has 35 heavy (non-hydrogen) atoms. The van der Waals surface area contributed by atoms with Crippen LogP contribution in [0.1, 0.15) is 34.8 Å². The van der Waals surface area contributed by atoms with E-state index in [1.807, 2.05) is 55.5 Å². The van der Waals surface area contributed by atoms with Crippen molar-refractivity contribution in [2.45, 2.75) is 32.3 Å². The summed E-state index contributed by atoms with van der Waals surface area (Å²) in [4.78, 5) is 11.0. The Morgan fingerprint density at radius 3 is 2.17 bits per heavy atom. The van der Waals surface area contributed by atoms with Crippen LogP contribution in [0.15, 0.2) is 60.7 Å². The van der Waals surface area contributed by atoms with Crippen LogP contribution in [-0.2, 0) is 17.6 Å². The van der Waals surface area contributed by atoms with Crippen molar-refractivity contribution in [3.05, 3.63) is 87.9 Å². The van der Waals surface area contributed by atoms with E-state index in [9.17, 15) is 9.90 Å². The zero-order valence-corrected chi connectivity index (χ0v) is 20.9. The highest BCUT2D eigenvalue weighted by molar-refractivity contribution is 6.30. The number of aliphatic hydroxyl groups excluding tert-OH is 1. The fraction of sp³-hybridized carbons (Fsp3) is 0.321. The molecule has 3 rings (SSSR count). The van der Waals surface area contributed by atoms with E-state index in [1.54, 1.807) is 26.4 Å². The topological polar surface area (TPSA) is 85.2 Å². The summed E-state index contributed by atoms with van der Waals surface area (Å²) >= 11 is 6.06. The molecule has 0 bridgehead atoms. The predicted octanol–water partition coefficient (Wildman–Crippen LogP) is 5.65. The molecule has 0 amide bonds. The Balaban J connectivity index is 1.82. The molecular formula is C28H31ClO6. The number of methoxy groups -OCH3 is 2. The Morgan fingerprint density at radius 1 is 0.971 bits per heavy atom. The zero-order valence-electron chi connectivity index (χ0n) is 20.2. The largest absolute Gasteiger partial charge is 0.496 e. The van der Waals surface area contributed by atoms with Gasteiger partial charge in [0.1, 0.15) is 17.2 Å². The third kappa shape index (κ3) is 7.38. The van der Waals surface area contributed by atoms with E-state index in [2.05, 4.69) is 0 Å². The number of hydrogen-bond acceptors (Lipinski definition) is 5. The Kier molecular flexibility index (Phi) is 9.40.